The summed E-state index contributed by atoms with van der Waals surface area (Å²) in [5.74, 6) is -0.203. The maximum atomic E-state index is 12.2. The Morgan fingerprint density at radius 3 is 2.77 bits per heavy atom. The number of likely N-dealkylation sites (tertiary alicyclic amines) is 1. The summed E-state index contributed by atoms with van der Waals surface area (Å²) in [6, 6.07) is 5.52. The van der Waals surface area contributed by atoms with Gasteiger partial charge in [-0.05, 0) is 49.4 Å². The Kier molecular flexibility index (Phi) is 4.18. The maximum absolute atomic E-state index is 12.2. The molecule has 1 fully saturated rings. The van der Waals surface area contributed by atoms with E-state index in [0.717, 1.165) is 36.4 Å². The number of hydrogen-bond acceptors (Lipinski definition) is 3. The van der Waals surface area contributed by atoms with E-state index in [2.05, 4.69) is 5.32 Å². The number of carboxylic acid groups (broad SMARTS) is 1. The third kappa shape index (κ3) is 3.16. The molecule has 0 aliphatic carbocycles. The van der Waals surface area contributed by atoms with Gasteiger partial charge in [-0.1, -0.05) is 0 Å². The number of carbonyl (C=O) groups is 2. The van der Waals surface area contributed by atoms with Crippen LogP contribution >= 0.6 is 0 Å². The number of anilines is 1. The predicted molar refractivity (Wildman–Crippen MR) is 81.2 cm³/mol. The number of carbonyl (C=O) groups excluding carboxylic acids is 1. The first kappa shape index (κ1) is 14.7. The van der Waals surface area contributed by atoms with E-state index in [9.17, 15) is 9.59 Å². The molecule has 0 saturated carbocycles. The number of ether oxygens (including phenoxy) is 1. The van der Waals surface area contributed by atoms with Gasteiger partial charge in [0, 0.05) is 18.8 Å². The Hall–Kier alpha value is -2.24. The molecule has 0 radical (unpaired) electrons. The molecule has 118 valence electrons. The van der Waals surface area contributed by atoms with Crippen LogP contribution in [0.3, 0.4) is 0 Å². The molecule has 2 heterocycles. The SMILES string of the molecule is O=C(O)C1CCN(C(=O)Nc2ccc3c(c2)CCCO3)CC1. The summed E-state index contributed by atoms with van der Waals surface area (Å²) < 4.78 is 5.56. The van der Waals surface area contributed by atoms with Crippen molar-refractivity contribution < 1.29 is 19.4 Å². The molecule has 0 unspecified atom stereocenters. The Morgan fingerprint density at radius 2 is 2.05 bits per heavy atom. The minimum absolute atomic E-state index is 0.166. The normalized spacial score (nSPS) is 18.3. The molecule has 3 rings (SSSR count). The second kappa shape index (κ2) is 6.25. The first-order valence-corrected chi connectivity index (χ1v) is 7.68. The highest BCUT2D eigenvalue weighted by atomic mass is 16.5. The molecule has 0 bridgehead atoms. The zero-order chi connectivity index (χ0) is 15.5. The fraction of sp³-hybridized carbons (Fsp3) is 0.500. The summed E-state index contributed by atoms with van der Waals surface area (Å²) in [7, 11) is 0. The fourth-order valence-electron chi connectivity index (χ4n) is 2.97. The van der Waals surface area contributed by atoms with E-state index in [1.807, 2.05) is 18.2 Å². The molecule has 2 aliphatic rings. The molecular formula is C16H20N2O4. The van der Waals surface area contributed by atoms with Crippen LogP contribution in [0.2, 0.25) is 0 Å². The van der Waals surface area contributed by atoms with Crippen molar-refractivity contribution in [2.24, 2.45) is 5.92 Å². The number of urea groups is 1. The van der Waals surface area contributed by atoms with Gasteiger partial charge in [0.25, 0.3) is 0 Å². The highest BCUT2D eigenvalue weighted by Crippen LogP contribution is 2.28. The lowest BCUT2D eigenvalue weighted by Gasteiger charge is -2.30. The van der Waals surface area contributed by atoms with Crippen molar-refractivity contribution in [1.82, 2.24) is 4.90 Å². The van der Waals surface area contributed by atoms with Gasteiger partial charge in [-0.25, -0.2) is 4.79 Å². The molecule has 1 aromatic carbocycles. The number of carboxylic acids is 1. The molecule has 2 amide bonds. The topological polar surface area (TPSA) is 78.9 Å². The van der Waals surface area contributed by atoms with Gasteiger partial charge >= 0.3 is 12.0 Å². The first-order valence-electron chi connectivity index (χ1n) is 7.68. The monoisotopic (exact) mass is 304 g/mol. The number of hydrogen-bond donors (Lipinski definition) is 2. The van der Waals surface area contributed by atoms with Gasteiger partial charge in [0.15, 0.2) is 0 Å². The van der Waals surface area contributed by atoms with Crippen LogP contribution < -0.4 is 10.1 Å². The van der Waals surface area contributed by atoms with Crippen LogP contribution in [0.15, 0.2) is 18.2 Å². The Labute approximate surface area is 129 Å². The van der Waals surface area contributed by atoms with Crippen LogP contribution in [0.5, 0.6) is 5.75 Å². The number of nitrogens with zero attached hydrogens (tertiary/aromatic N) is 1. The number of rotatable bonds is 2. The molecule has 0 aromatic heterocycles. The molecule has 2 N–H and O–H groups in total. The minimum atomic E-state index is -0.769. The summed E-state index contributed by atoms with van der Waals surface area (Å²) in [4.78, 5) is 24.9. The number of aliphatic carboxylic acids is 1. The lowest BCUT2D eigenvalue weighted by molar-refractivity contribution is -0.143. The highest BCUT2D eigenvalue weighted by Gasteiger charge is 2.27. The summed E-state index contributed by atoms with van der Waals surface area (Å²) >= 11 is 0. The molecule has 0 atom stereocenters. The number of fused-ring (bicyclic) bond motifs is 1. The van der Waals surface area contributed by atoms with Gasteiger partial charge < -0.3 is 20.1 Å². The molecular weight excluding hydrogens is 284 g/mol. The number of nitrogens with one attached hydrogen (secondary N) is 1. The molecule has 0 spiro atoms. The quantitative estimate of drug-likeness (QED) is 0.879. The highest BCUT2D eigenvalue weighted by molar-refractivity contribution is 5.89. The van der Waals surface area contributed by atoms with Crippen LogP contribution in [0.25, 0.3) is 0 Å². The lowest BCUT2D eigenvalue weighted by atomic mass is 9.97. The average Bonchev–Trinajstić information content (AvgIpc) is 2.55. The second-order valence-electron chi connectivity index (χ2n) is 5.80. The van der Waals surface area contributed by atoms with Crippen LogP contribution in [-0.4, -0.2) is 41.7 Å². The molecule has 6 nitrogen and oxygen atoms in total. The van der Waals surface area contributed by atoms with Crippen molar-refractivity contribution in [3.05, 3.63) is 23.8 Å². The first-order chi connectivity index (χ1) is 10.6. The smallest absolute Gasteiger partial charge is 0.321 e. The average molecular weight is 304 g/mol. The standard InChI is InChI=1S/C16H20N2O4/c19-15(20)11-5-7-18(8-6-11)16(21)17-13-3-4-14-12(10-13)2-1-9-22-14/h3-4,10-11H,1-2,5-9H2,(H,17,21)(H,19,20). The van der Waals surface area contributed by atoms with Crippen molar-refractivity contribution in [3.63, 3.8) is 0 Å². The van der Waals surface area contributed by atoms with Gasteiger partial charge in [-0.2, -0.15) is 0 Å². The zero-order valence-corrected chi connectivity index (χ0v) is 12.4. The van der Waals surface area contributed by atoms with E-state index < -0.39 is 5.97 Å². The van der Waals surface area contributed by atoms with Crippen molar-refractivity contribution in [2.45, 2.75) is 25.7 Å². The van der Waals surface area contributed by atoms with Crippen LogP contribution in [-0.2, 0) is 11.2 Å². The van der Waals surface area contributed by atoms with E-state index in [1.165, 1.54) is 0 Å². The Balaban J connectivity index is 1.59. The van der Waals surface area contributed by atoms with E-state index in [0.29, 0.717) is 25.9 Å². The van der Waals surface area contributed by atoms with Gasteiger partial charge in [-0.3, -0.25) is 4.79 Å². The van der Waals surface area contributed by atoms with E-state index in [1.54, 1.807) is 4.90 Å². The summed E-state index contributed by atoms with van der Waals surface area (Å²) in [6.45, 7) is 1.71. The van der Waals surface area contributed by atoms with Gasteiger partial charge in [-0.15, -0.1) is 0 Å². The van der Waals surface area contributed by atoms with Crippen LogP contribution in [0, 0.1) is 5.92 Å². The second-order valence-corrected chi connectivity index (χ2v) is 5.80. The Morgan fingerprint density at radius 1 is 1.27 bits per heavy atom. The molecule has 2 aliphatic heterocycles. The largest absolute Gasteiger partial charge is 0.493 e. The van der Waals surface area contributed by atoms with Crippen molar-refractivity contribution >= 4 is 17.7 Å². The number of amides is 2. The predicted octanol–water partition coefficient (Wildman–Crippen LogP) is 2.34. The minimum Gasteiger partial charge on any atom is -0.493 e. The van der Waals surface area contributed by atoms with Gasteiger partial charge in [0.1, 0.15) is 5.75 Å². The van der Waals surface area contributed by atoms with E-state index in [-0.39, 0.29) is 11.9 Å². The molecule has 22 heavy (non-hydrogen) atoms. The Bertz CT molecular complexity index is 580. The maximum Gasteiger partial charge on any atom is 0.321 e. The number of piperidine rings is 1. The number of benzene rings is 1. The third-order valence-electron chi connectivity index (χ3n) is 4.29. The van der Waals surface area contributed by atoms with Crippen molar-refractivity contribution in [3.8, 4) is 5.75 Å². The summed E-state index contributed by atoms with van der Waals surface area (Å²) in [5, 5.41) is 11.9. The fourth-order valence-corrected chi connectivity index (χ4v) is 2.97. The van der Waals surface area contributed by atoms with Gasteiger partial charge in [0.2, 0.25) is 0 Å². The molecule has 1 saturated heterocycles. The molecule has 6 heteroatoms. The zero-order valence-electron chi connectivity index (χ0n) is 12.4. The number of aryl methyl sites for hydroxylation is 1. The third-order valence-corrected chi connectivity index (χ3v) is 4.29. The molecule has 1 aromatic rings. The lowest BCUT2D eigenvalue weighted by Crippen LogP contribution is -2.42. The van der Waals surface area contributed by atoms with Crippen molar-refractivity contribution in [1.29, 1.82) is 0 Å². The summed E-state index contributed by atoms with van der Waals surface area (Å²) in [5.41, 5.74) is 1.88. The van der Waals surface area contributed by atoms with Crippen LogP contribution in [0.4, 0.5) is 10.5 Å². The van der Waals surface area contributed by atoms with Gasteiger partial charge in [0.05, 0.1) is 12.5 Å². The van der Waals surface area contributed by atoms with Crippen LogP contribution in [0.1, 0.15) is 24.8 Å². The van der Waals surface area contributed by atoms with Crippen molar-refractivity contribution in [2.75, 3.05) is 25.0 Å². The van der Waals surface area contributed by atoms with E-state index >= 15 is 0 Å². The summed E-state index contributed by atoms with van der Waals surface area (Å²) in [6.07, 6.45) is 2.98. The van der Waals surface area contributed by atoms with E-state index in [4.69, 9.17) is 9.84 Å².